The van der Waals surface area contributed by atoms with Crippen LogP contribution in [0.25, 0.3) is 0 Å². The van der Waals surface area contributed by atoms with Crippen molar-refractivity contribution in [1.82, 2.24) is 5.32 Å². The summed E-state index contributed by atoms with van der Waals surface area (Å²) < 4.78 is 0. The molecule has 0 aliphatic carbocycles. The lowest BCUT2D eigenvalue weighted by atomic mass is 10.0. The maximum atomic E-state index is 11.5. The van der Waals surface area contributed by atoms with Crippen molar-refractivity contribution in [2.45, 2.75) is 12.8 Å². The normalized spacial score (nSPS) is 13.1. The zero-order valence-electron chi connectivity index (χ0n) is 10.3. The Balaban J connectivity index is 2.30. The highest BCUT2D eigenvalue weighted by Crippen LogP contribution is 2.13. The highest BCUT2D eigenvalue weighted by molar-refractivity contribution is 8.14. The van der Waals surface area contributed by atoms with Gasteiger partial charge in [0.25, 0.3) is 0 Å². The molecule has 0 radical (unpaired) electrons. The second-order valence-corrected chi connectivity index (χ2v) is 4.87. The molecular formula is C12H18N4OS. The molecular weight excluding hydrogens is 248 g/mol. The number of hydrogen-bond donors (Lipinski definition) is 3. The summed E-state index contributed by atoms with van der Waals surface area (Å²) >= 11 is 1.12. The maximum absolute atomic E-state index is 11.5. The number of amidine groups is 1. The van der Waals surface area contributed by atoms with Gasteiger partial charge in [-0.2, -0.15) is 5.10 Å². The molecule has 6 heteroatoms. The van der Waals surface area contributed by atoms with Crippen molar-refractivity contribution in [2.75, 3.05) is 12.3 Å². The van der Waals surface area contributed by atoms with Gasteiger partial charge in [-0.1, -0.05) is 49.0 Å². The monoisotopic (exact) mass is 266 g/mol. The van der Waals surface area contributed by atoms with Gasteiger partial charge in [0.15, 0.2) is 5.17 Å². The molecule has 0 saturated heterocycles. The molecule has 1 rings (SSSR count). The summed E-state index contributed by atoms with van der Waals surface area (Å²) in [5.74, 6) is 5.40. The van der Waals surface area contributed by atoms with E-state index in [1.54, 1.807) is 0 Å². The summed E-state index contributed by atoms with van der Waals surface area (Å²) in [7, 11) is 0. The van der Waals surface area contributed by atoms with E-state index in [2.05, 4.69) is 17.3 Å². The van der Waals surface area contributed by atoms with Crippen molar-refractivity contribution >= 4 is 22.8 Å². The van der Waals surface area contributed by atoms with Crippen LogP contribution in [0.15, 0.2) is 35.4 Å². The number of thioether (sulfide) groups is 1. The molecule has 0 saturated carbocycles. The van der Waals surface area contributed by atoms with Gasteiger partial charge in [0.05, 0.1) is 5.75 Å². The number of amides is 1. The maximum Gasteiger partial charge on any atom is 0.230 e. The van der Waals surface area contributed by atoms with Crippen molar-refractivity contribution in [3.05, 3.63) is 35.9 Å². The minimum atomic E-state index is -0.0746. The van der Waals surface area contributed by atoms with Crippen LogP contribution in [0.4, 0.5) is 0 Å². The topological polar surface area (TPSA) is 93.5 Å². The van der Waals surface area contributed by atoms with Crippen molar-refractivity contribution in [3.63, 3.8) is 0 Å². The van der Waals surface area contributed by atoms with Crippen LogP contribution in [-0.4, -0.2) is 23.4 Å². The molecule has 0 heterocycles. The van der Waals surface area contributed by atoms with Crippen molar-refractivity contribution in [3.8, 4) is 0 Å². The Morgan fingerprint density at radius 1 is 1.44 bits per heavy atom. The molecule has 98 valence electrons. The molecule has 0 bridgehead atoms. The lowest BCUT2D eigenvalue weighted by molar-refractivity contribution is -0.118. The van der Waals surface area contributed by atoms with E-state index in [4.69, 9.17) is 11.6 Å². The van der Waals surface area contributed by atoms with Gasteiger partial charge in [0.1, 0.15) is 0 Å². The zero-order valence-corrected chi connectivity index (χ0v) is 11.1. The van der Waals surface area contributed by atoms with Crippen LogP contribution in [0.3, 0.4) is 0 Å². The smallest absolute Gasteiger partial charge is 0.230 e. The van der Waals surface area contributed by atoms with E-state index in [1.807, 2.05) is 30.3 Å². The minimum absolute atomic E-state index is 0.0746. The number of rotatable bonds is 5. The van der Waals surface area contributed by atoms with E-state index in [9.17, 15) is 4.79 Å². The fraction of sp³-hybridized carbons (Fsp3) is 0.333. The van der Waals surface area contributed by atoms with Gasteiger partial charge in [-0.15, -0.1) is 0 Å². The Hall–Kier alpha value is -1.69. The Morgan fingerprint density at radius 3 is 2.72 bits per heavy atom. The van der Waals surface area contributed by atoms with Crippen LogP contribution in [-0.2, 0) is 4.79 Å². The molecule has 5 N–H and O–H groups in total. The molecule has 1 aromatic rings. The van der Waals surface area contributed by atoms with E-state index < -0.39 is 0 Å². The third-order valence-electron chi connectivity index (χ3n) is 2.45. The second-order valence-electron chi connectivity index (χ2n) is 3.87. The number of nitrogens with zero attached hydrogens (tertiary/aromatic N) is 1. The molecule has 18 heavy (non-hydrogen) atoms. The quantitative estimate of drug-likeness (QED) is 0.318. The number of carbonyl (C=O) groups excluding carboxylic acids is 1. The average Bonchev–Trinajstić information content (AvgIpc) is 2.42. The lowest BCUT2D eigenvalue weighted by Gasteiger charge is -2.12. The van der Waals surface area contributed by atoms with E-state index in [0.29, 0.717) is 6.54 Å². The summed E-state index contributed by atoms with van der Waals surface area (Å²) in [4.78, 5) is 11.5. The number of nitrogens with one attached hydrogen (secondary N) is 1. The first-order valence-electron chi connectivity index (χ1n) is 5.61. The molecule has 5 nitrogen and oxygen atoms in total. The fourth-order valence-corrected chi connectivity index (χ4v) is 1.85. The third-order valence-corrected chi connectivity index (χ3v) is 3.26. The molecule has 1 unspecified atom stereocenters. The Bertz CT molecular complexity index is 408. The second kappa shape index (κ2) is 7.60. The first-order valence-corrected chi connectivity index (χ1v) is 6.60. The zero-order chi connectivity index (χ0) is 13.4. The van der Waals surface area contributed by atoms with Crippen LogP contribution in [0.5, 0.6) is 0 Å². The Morgan fingerprint density at radius 2 is 2.11 bits per heavy atom. The van der Waals surface area contributed by atoms with Gasteiger partial charge < -0.3 is 16.9 Å². The molecule has 0 aromatic heterocycles. The summed E-state index contributed by atoms with van der Waals surface area (Å²) in [6.07, 6.45) is 0. The van der Waals surface area contributed by atoms with Crippen molar-refractivity contribution in [1.29, 1.82) is 0 Å². The van der Waals surface area contributed by atoms with Gasteiger partial charge in [0.2, 0.25) is 5.91 Å². The highest BCUT2D eigenvalue weighted by Gasteiger charge is 2.08. The predicted molar refractivity (Wildman–Crippen MR) is 76.1 cm³/mol. The number of benzene rings is 1. The predicted octanol–water partition coefficient (Wildman–Crippen LogP) is 0.828. The number of hydrogen-bond acceptors (Lipinski definition) is 4. The molecule has 0 spiro atoms. The number of carbonyl (C=O) groups is 1. The summed E-state index contributed by atoms with van der Waals surface area (Å²) in [6.45, 7) is 2.67. The van der Waals surface area contributed by atoms with Crippen molar-refractivity contribution < 1.29 is 4.79 Å². The Kier molecular flexibility index (Phi) is 6.07. The van der Waals surface area contributed by atoms with Gasteiger partial charge >= 0.3 is 0 Å². The fourth-order valence-electron chi connectivity index (χ4n) is 1.39. The summed E-state index contributed by atoms with van der Waals surface area (Å²) in [6, 6.07) is 10.0. The number of hydrazone groups is 1. The third kappa shape index (κ3) is 5.09. The standard InChI is InChI=1S/C12H18N4OS/c1-9(10-5-3-2-4-6-10)7-15-11(17)8-18-12(13)16-14/h2-6,9H,7-8,14H2,1H3,(H2,13,16)(H,15,17). The minimum Gasteiger partial charge on any atom is -0.377 e. The average molecular weight is 266 g/mol. The van der Waals surface area contributed by atoms with Crippen LogP contribution in [0.1, 0.15) is 18.4 Å². The van der Waals surface area contributed by atoms with Crippen LogP contribution >= 0.6 is 11.8 Å². The lowest BCUT2D eigenvalue weighted by Crippen LogP contribution is -2.30. The van der Waals surface area contributed by atoms with Crippen LogP contribution < -0.4 is 16.9 Å². The van der Waals surface area contributed by atoms with Gasteiger partial charge in [-0.3, -0.25) is 4.79 Å². The number of nitrogens with two attached hydrogens (primary N) is 2. The summed E-state index contributed by atoms with van der Waals surface area (Å²) in [5.41, 5.74) is 6.58. The van der Waals surface area contributed by atoms with E-state index in [1.165, 1.54) is 5.56 Å². The van der Waals surface area contributed by atoms with E-state index in [0.717, 1.165) is 11.8 Å². The first-order chi connectivity index (χ1) is 8.63. The van der Waals surface area contributed by atoms with E-state index >= 15 is 0 Å². The van der Waals surface area contributed by atoms with Gasteiger partial charge in [-0.05, 0) is 11.5 Å². The first kappa shape index (κ1) is 14.4. The molecule has 0 fully saturated rings. The summed E-state index contributed by atoms with van der Waals surface area (Å²) in [5, 5.41) is 6.34. The Labute approximate surface area is 111 Å². The molecule has 0 aliphatic heterocycles. The molecule has 1 amide bonds. The van der Waals surface area contributed by atoms with Crippen LogP contribution in [0, 0.1) is 0 Å². The molecule has 1 atom stereocenters. The van der Waals surface area contributed by atoms with Gasteiger partial charge in [-0.25, -0.2) is 0 Å². The molecule has 0 aliphatic rings. The van der Waals surface area contributed by atoms with E-state index in [-0.39, 0.29) is 22.7 Å². The molecule has 1 aromatic carbocycles. The van der Waals surface area contributed by atoms with Gasteiger partial charge in [0, 0.05) is 6.54 Å². The van der Waals surface area contributed by atoms with Crippen molar-refractivity contribution in [2.24, 2.45) is 16.7 Å². The van der Waals surface area contributed by atoms with Crippen LogP contribution in [0.2, 0.25) is 0 Å². The largest absolute Gasteiger partial charge is 0.377 e. The highest BCUT2D eigenvalue weighted by atomic mass is 32.2. The SMILES string of the molecule is CC(CNC(=O)CSC(N)=NN)c1ccccc1.